The fourth-order valence-corrected chi connectivity index (χ4v) is 1.81. The molecule has 21 heavy (non-hydrogen) atoms. The molecule has 0 fully saturated rings. The first-order valence-electron chi connectivity index (χ1n) is 5.89. The summed E-state index contributed by atoms with van der Waals surface area (Å²) in [7, 11) is 0. The van der Waals surface area contributed by atoms with Crippen molar-refractivity contribution in [1.82, 2.24) is 9.97 Å². The molecule has 1 N–H and O–H groups in total. The molecule has 0 aliphatic rings. The van der Waals surface area contributed by atoms with Crippen LogP contribution in [0.15, 0.2) is 24.4 Å². The van der Waals surface area contributed by atoms with Gasteiger partial charge < -0.3 is 10.1 Å². The van der Waals surface area contributed by atoms with Gasteiger partial charge in [-0.25, -0.2) is 4.98 Å². The molecule has 9 heteroatoms. The standard InChI is InChI=1S/C12H10Cl2N4O3/c1-2-15-12-16-4-3-11(17-12)21-10-6-8(14)7(13)5-9(10)18(19)20/h3-6H,2H2,1H3,(H,15,16,17). The van der Waals surface area contributed by atoms with Gasteiger partial charge >= 0.3 is 5.69 Å². The van der Waals surface area contributed by atoms with Crippen LogP contribution in [0.5, 0.6) is 11.6 Å². The predicted octanol–water partition coefficient (Wildman–Crippen LogP) is 3.92. The molecule has 0 radical (unpaired) electrons. The van der Waals surface area contributed by atoms with Gasteiger partial charge in [0.05, 0.1) is 15.0 Å². The Hall–Kier alpha value is -2.12. The Kier molecular flexibility index (Phi) is 4.77. The van der Waals surface area contributed by atoms with E-state index in [2.05, 4.69) is 15.3 Å². The maximum atomic E-state index is 11.0. The van der Waals surface area contributed by atoms with E-state index in [9.17, 15) is 10.1 Å². The van der Waals surface area contributed by atoms with E-state index in [-0.39, 0.29) is 27.4 Å². The number of nitro benzene ring substituents is 1. The zero-order chi connectivity index (χ0) is 15.4. The highest BCUT2D eigenvalue weighted by molar-refractivity contribution is 6.42. The van der Waals surface area contributed by atoms with E-state index >= 15 is 0 Å². The lowest BCUT2D eigenvalue weighted by Gasteiger charge is -2.08. The number of ether oxygens (including phenoxy) is 1. The number of benzene rings is 1. The van der Waals surface area contributed by atoms with Crippen LogP contribution in [0.4, 0.5) is 11.6 Å². The van der Waals surface area contributed by atoms with Crippen molar-refractivity contribution in [2.75, 3.05) is 11.9 Å². The number of hydrogen-bond donors (Lipinski definition) is 1. The number of rotatable bonds is 5. The highest BCUT2D eigenvalue weighted by Gasteiger charge is 2.19. The summed E-state index contributed by atoms with van der Waals surface area (Å²) in [4.78, 5) is 18.5. The third kappa shape index (κ3) is 3.71. The van der Waals surface area contributed by atoms with E-state index in [4.69, 9.17) is 27.9 Å². The summed E-state index contributed by atoms with van der Waals surface area (Å²) in [5.41, 5.74) is -0.298. The fraction of sp³-hybridized carbons (Fsp3) is 0.167. The van der Waals surface area contributed by atoms with E-state index in [0.717, 1.165) is 6.07 Å². The van der Waals surface area contributed by atoms with Crippen molar-refractivity contribution >= 4 is 34.8 Å². The Morgan fingerprint density at radius 1 is 1.38 bits per heavy atom. The minimum atomic E-state index is -0.607. The van der Waals surface area contributed by atoms with Gasteiger partial charge in [0.2, 0.25) is 17.6 Å². The first-order chi connectivity index (χ1) is 10.0. The topological polar surface area (TPSA) is 90.2 Å². The van der Waals surface area contributed by atoms with Gasteiger partial charge in [-0.05, 0) is 6.92 Å². The number of nitrogens with one attached hydrogen (secondary N) is 1. The number of anilines is 1. The Balaban J connectivity index is 2.36. The van der Waals surface area contributed by atoms with Gasteiger partial charge in [-0.2, -0.15) is 4.98 Å². The molecule has 2 rings (SSSR count). The summed E-state index contributed by atoms with van der Waals surface area (Å²) in [6, 6.07) is 3.88. The van der Waals surface area contributed by atoms with Gasteiger partial charge in [0.1, 0.15) is 0 Å². The average molecular weight is 329 g/mol. The summed E-state index contributed by atoms with van der Waals surface area (Å²) in [5, 5.41) is 14.2. The van der Waals surface area contributed by atoms with Crippen LogP contribution < -0.4 is 10.1 Å². The Labute approximate surface area is 130 Å². The first-order valence-corrected chi connectivity index (χ1v) is 6.65. The van der Waals surface area contributed by atoms with Crippen molar-refractivity contribution < 1.29 is 9.66 Å². The van der Waals surface area contributed by atoms with E-state index in [0.29, 0.717) is 12.5 Å². The predicted molar refractivity (Wildman–Crippen MR) is 79.4 cm³/mol. The van der Waals surface area contributed by atoms with Gasteiger partial charge in [0, 0.05) is 30.9 Å². The van der Waals surface area contributed by atoms with E-state index in [1.165, 1.54) is 18.3 Å². The van der Waals surface area contributed by atoms with Gasteiger partial charge in [0.15, 0.2) is 0 Å². The van der Waals surface area contributed by atoms with Crippen LogP contribution in [0.3, 0.4) is 0 Å². The van der Waals surface area contributed by atoms with Gasteiger partial charge in [-0.15, -0.1) is 0 Å². The van der Waals surface area contributed by atoms with Crippen LogP contribution in [0, 0.1) is 10.1 Å². The molecule has 7 nitrogen and oxygen atoms in total. The van der Waals surface area contributed by atoms with Crippen molar-refractivity contribution in [2.24, 2.45) is 0 Å². The molecule has 1 aromatic heterocycles. The van der Waals surface area contributed by atoms with E-state index in [1.54, 1.807) is 0 Å². The van der Waals surface area contributed by atoms with Crippen LogP contribution in [0.2, 0.25) is 10.0 Å². The number of nitrogens with zero attached hydrogens (tertiary/aromatic N) is 3. The second-order valence-electron chi connectivity index (χ2n) is 3.84. The monoisotopic (exact) mass is 328 g/mol. The van der Waals surface area contributed by atoms with Crippen LogP contribution in [-0.4, -0.2) is 21.4 Å². The molecular weight excluding hydrogens is 319 g/mol. The second-order valence-corrected chi connectivity index (χ2v) is 4.66. The molecule has 0 saturated heterocycles. The molecule has 0 aliphatic heterocycles. The van der Waals surface area contributed by atoms with E-state index in [1.807, 2.05) is 6.92 Å². The number of nitro groups is 1. The SMILES string of the molecule is CCNc1nccc(Oc2cc(Cl)c(Cl)cc2[N+](=O)[O-])n1. The van der Waals surface area contributed by atoms with Crippen LogP contribution in [0.1, 0.15) is 6.92 Å². The van der Waals surface area contributed by atoms with Crippen LogP contribution in [0.25, 0.3) is 0 Å². The Bertz CT molecular complexity index is 682. The van der Waals surface area contributed by atoms with Crippen molar-refractivity contribution in [2.45, 2.75) is 6.92 Å². The third-order valence-electron chi connectivity index (χ3n) is 2.38. The van der Waals surface area contributed by atoms with Crippen molar-refractivity contribution in [3.8, 4) is 11.6 Å². The summed E-state index contributed by atoms with van der Waals surface area (Å²) in [6.07, 6.45) is 1.48. The van der Waals surface area contributed by atoms with Crippen molar-refractivity contribution in [1.29, 1.82) is 0 Å². The molecule has 1 heterocycles. The minimum absolute atomic E-state index is 0.0458. The van der Waals surface area contributed by atoms with Crippen molar-refractivity contribution in [3.63, 3.8) is 0 Å². The summed E-state index contributed by atoms with van der Waals surface area (Å²) in [5.74, 6) is 0.468. The van der Waals surface area contributed by atoms with Crippen molar-refractivity contribution in [3.05, 3.63) is 44.6 Å². The quantitative estimate of drug-likeness (QED) is 0.660. The zero-order valence-electron chi connectivity index (χ0n) is 10.8. The molecule has 110 valence electrons. The normalized spacial score (nSPS) is 10.2. The molecule has 0 aliphatic carbocycles. The van der Waals surface area contributed by atoms with Crippen LogP contribution in [-0.2, 0) is 0 Å². The fourth-order valence-electron chi connectivity index (χ4n) is 1.50. The molecule has 2 aromatic rings. The smallest absolute Gasteiger partial charge is 0.313 e. The minimum Gasteiger partial charge on any atom is -0.432 e. The average Bonchev–Trinajstić information content (AvgIpc) is 2.43. The summed E-state index contributed by atoms with van der Waals surface area (Å²) >= 11 is 11.6. The molecule has 0 amide bonds. The Morgan fingerprint density at radius 2 is 2.10 bits per heavy atom. The molecule has 1 aromatic carbocycles. The lowest BCUT2D eigenvalue weighted by atomic mass is 10.3. The lowest BCUT2D eigenvalue weighted by molar-refractivity contribution is -0.385. The zero-order valence-corrected chi connectivity index (χ0v) is 12.4. The number of aromatic nitrogens is 2. The van der Waals surface area contributed by atoms with Gasteiger partial charge in [0.25, 0.3) is 0 Å². The molecule has 0 atom stereocenters. The summed E-state index contributed by atoms with van der Waals surface area (Å²) in [6.45, 7) is 2.52. The third-order valence-corrected chi connectivity index (χ3v) is 3.10. The van der Waals surface area contributed by atoms with Gasteiger partial charge in [-0.3, -0.25) is 10.1 Å². The summed E-state index contributed by atoms with van der Waals surface area (Å²) < 4.78 is 5.42. The molecule has 0 spiro atoms. The second kappa shape index (κ2) is 6.55. The maximum absolute atomic E-state index is 11.0. The lowest BCUT2D eigenvalue weighted by Crippen LogP contribution is -2.02. The Morgan fingerprint density at radius 3 is 2.76 bits per heavy atom. The molecule has 0 unspecified atom stereocenters. The van der Waals surface area contributed by atoms with Gasteiger partial charge in [-0.1, -0.05) is 23.2 Å². The first kappa shape index (κ1) is 15.3. The maximum Gasteiger partial charge on any atom is 0.313 e. The van der Waals surface area contributed by atoms with E-state index < -0.39 is 4.92 Å². The highest BCUT2D eigenvalue weighted by atomic mass is 35.5. The molecular formula is C12H10Cl2N4O3. The highest BCUT2D eigenvalue weighted by Crippen LogP contribution is 2.37. The number of halogens is 2. The number of hydrogen-bond acceptors (Lipinski definition) is 6. The largest absolute Gasteiger partial charge is 0.432 e. The molecule has 0 saturated carbocycles. The van der Waals surface area contributed by atoms with Crippen LogP contribution >= 0.6 is 23.2 Å². The molecule has 0 bridgehead atoms.